The second-order valence-electron chi connectivity index (χ2n) is 8.69. The van der Waals surface area contributed by atoms with E-state index >= 15 is 0 Å². The molecule has 5 rings (SSSR count). The molecule has 0 atom stereocenters. The van der Waals surface area contributed by atoms with Crippen LogP contribution in [0.1, 0.15) is 43.0 Å². The summed E-state index contributed by atoms with van der Waals surface area (Å²) in [4.78, 5) is 26.0. The molecule has 0 unspecified atom stereocenters. The average Bonchev–Trinajstić information content (AvgIpc) is 2.88. The van der Waals surface area contributed by atoms with Gasteiger partial charge in [-0.2, -0.15) is 8.42 Å². The van der Waals surface area contributed by atoms with Crippen LogP contribution in [0.4, 0.5) is 17.1 Å². The van der Waals surface area contributed by atoms with Gasteiger partial charge in [-0.1, -0.05) is 54.1 Å². The number of carbonyl (C=O) groups is 2. The molecule has 0 heterocycles. The van der Waals surface area contributed by atoms with E-state index in [1.165, 1.54) is 12.1 Å². The molecule has 0 radical (unpaired) electrons. The SMILES string of the molecule is Cc1ccc(COc2ccc(Nc3cc(S(=O)(=O)O)c(N)c4c3C(=O)c3ccccc3C4=O)cc2)cc1. The maximum Gasteiger partial charge on any atom is 0.296 e. The molecule has 1 aliphatic rings. The van der Waals surface area contributed by atoms with Crippen molar-refractivity contribution < 1.29 is 27.3 Å². The number of benzene rings is 4. The van der Waals surface area contributed by atoms with Gasteiger partial charge in [0, 0.05) is 16.8 Å². The molecule has 0 fully saturated rings. The molecule has 1 aliphatic carbocycles. The van der Waals surface area contributed by atoms with Crippen LogP contribution < -0.4 is 15.8 Å². The minimum Gasteiger partial charge on any atom is -0.489 e. The highest BCUT2D eigenvalue weighted by Crippen LogP contribution is 2.40. The number of nitrogen functional groups attached to an aromatic ring is 1. The van der Waals surface area contributed by atoms with Gasteiger partial charge in [-0.15, -0.1) is 0 Å². The first kappa shape index (κ1) is 24.2. The van der Waals surface area contributed by atoms with Crippen molar-refractivity contribution in [3.8, 4) is 5.75 Å². The predicted molar refractivity (Wildman–Crippen MR) is 139 cm³/mol. The van der Waals surface area contributed by atoms with Crippen LogP contribution in [0.25, 0.3) is 0 Å². The van der Waals surface area contributed by atoms with Crippen LogP contribution in [0.2, 0.25) is 0 Å². The summed E-state index contributed by atoms with van der Waals surface area (Å²) in [6.45, 7) is 2.39. The minimum absolute atomic E-state index is 0.0259. The number of hydrogen-bond acceptors (Lipinski definition) is 7. The normalized spacial score (nSPS) is 12.6. The number of ether oxygens (including phenoxy) is 1. The molecule has 0 spiro atoms. The molecule has 0 saturated carbocycles. The molecule has 4 aromatic carbocycles. The van der Waals surface area contributed by atoms with E-state index < -0.39 is 32.3 Å². The molecule has 4 aromatic rings. The zero-order chi connectivity index (χ0) is 26.3. The van der Waals surface area contributed by atoms with Gasteiger partial charge >= 0.3 is 0 Å². The Balaban J connectivity index is 1.50. The van der Waals surface area contributed by atoms with E-state index in [2.05, 4.69) is 5.32 Å². The standard InChI is InChI=1S/C28H22N2O6S/c1-16-6-8-17(9-7-16)15-36-19-12-10-18(11-13-19)30-22-14-23(37(33,34)35)26(29)25-24(22)27(31)20-4-2-3-5-21(20)28(25)32/h2-14,30H,15,29H2,1H3,(H,33,34,35). The lowest BCUT2D eigenvalue weighted by Crippen LogP contribution is -2.25. The number of fused-ring (bicyclic) bond motifs is 2. The molecule has 9 heteroatoms. The Morgan fingerprint density at radius 2 is 1.46 bits per heavy atom. The number of carbonyl (C=O) groups excluding carboxylic acids is 2. The van der Waals surface area contributed by atoms with Gasteiger partial charge in [0.1, 0.15) is 17.3 Å². The largest absolute Gasteiger partial charge is 0.489 e. The monoisotopic (exact) mass is 514 g/mol. The van der Waals surface area contributed by atoms with E-state index in [4.69, 9.17) is 10.5 Å². The molecule has 0 saturated heterocycles. The molecule has 4 N–H and O–H groups in total. The summed E-state index contributed by atoms with van der Waals surface area (Å²) in [5.74, 6) is -0.486. The second kappa shape index (κ2) is 9.20. The fraction of sp³-hybridized carbons (Fsp3) is 0.0714. The Morgan fingerprint density at radius 1 is 0.865 bits per heavy atom. The van der Waals surface area contributed by atoms with Crippen molar-refractivity contribution in [2.24, 2.45) is 0 Å². The zero-order valence-electron chi connectivity index (χ0n) is 19.7. The van der Waals surface area contributed by atoms with Crippen molar-refractivity contribution in [3.63, 3.8) is 0 Å². The van der Waals surface area contributed by atoms with Gasteiger partial charge in [0.15, 0.2) is 11.6 Å². The lowest BCUT2D eigenvalue weighted by molar-refractivity contribution is 0.0980. The van der Waals surface area contributed by atoms with Gasteiger partial charge in [-0.05, 0) is 42.8 Å². The van der Waals surface area contributed by atoms with E-state index in [9.17, 15) is 22.6 Å². The van der Waals surface area contributed by atoms with Crippen LogP contribution in [0, 0.1) is 6.92 Å². The first-order chi connectivity index (χ1) is 17.6. The summed E-state index contributed by atoms with van der Waals surface area (Å²) >= 11 is 0. The lowest BCUT2D eigenvalue weighted by Gasteiger charge is -2.23. The van der Waals surface area contributed by atoms with E-state index in [-0.39, 0.29) is 27.9 Å². The Kier molecular flexibility index (Phi) is 6.02. The van der Waals surface area contributed by atoms with E-state index in [1.807, 2.05) is 31.2 Å². The number of anilines is 3. The summed E-state index contributed by atoms with van der Waals surface area (Å²) in [5.41, 5.74) is 8.20. The number of ketones is 2. The average molecular weight is 515 g/mol. The number of nitrogens with one attached hydrogen (secondary N) is 1. The first-order valence-corrected chi connectivity index (χ1v) is 12.8. The highest BCUT2D eigenvalue weighted by molar-refractivity contribution is 7.86. The minimum atomic E-state index is -4.79. The molecule has 186 valence electrons. The molecule has 0 amide bonds. The van der Waals surface area contributed by atoms with Crippen molar-refractivity contribution >= 4 is 38.7 Å². The predicted octanol–water partition coefficient (Wildman–Crippen LogP) is 4.92. The van der Waals surface area contributed by atoms with E-state index in [1.54, 1.807) is 36.4 Å². The maximum atomic E-state index is 13.4. The third-order valence-corrected chi connectivity index (χ3v) is 7.03. The Labute approximate surface area is 213 Å². The number of hydrogen-bond donors (Lipinski definition) is 3. The highest BCUT2D eigenvalue weighted by Gasteiger charge is 2.36. The number of aryl methyl sites for hydroxylation is 1. The number of nitrogens with two attached hydrogens (primary N) is 1. The van der Waals surface area contributed by atoms with Crippen molar-refractivity contribution in [1.82, 2.24) is 0 Å². The van der Waals surface area contributed by atoms with Crippen molar-refractivity contribution in [1.29, 1.82) is 0 Å². The molecule has 37 heavy (non-hydrogen) atoms. The molecular formula is C28H22N2O6S. The molecule has 0 aromatic heterocycles. The van der Waals surface area contributed by atoms with Crippen LogP contribution >= 0.6 is 0 Å². The Morgan fingerprint density at radius 3 is 2.05 bits per heavy atom. The van der Waals surface area contributed by atoms with Crippen LogP contribution in [-0.4, -0.2) is 24.5 Å². The van der Waals surface area contributed by atoms with Crippen LogP contribution in [0.5, 0.6) is 5.75 Å². The topological polar surface area (TPSA) is 136 Å². The van der Waals surface area contributed by atoms with Crippen molar-refractivity contribution in [2.75, 3.05) is 11.1 Å². The van der Waals surface area contributed by atoms with Gasteiger partial charge in [0.25, 0.3) is 10.1 Å². The molecule has 0 bridgehead atoms. The van der Waals surface area contributed by atoms with Crippen molar-refractivity contribution in [2.45, 2.75) is 18.4 Å². The van der Waals surface area contributed by atoms with Gasteiger partial charge in [0.05, 0.1) is 22.5 Å². The Bertz CT molecular complexity index is 1660. The van der Waals surface area contributed by atoms with Crippen molar-refractivity contribution in [3.05, 3.63) is 112 Å². The number of rotatable bonds is 6. The van der Waals surface area contributed by atoms with E-state index in [0.717, 1.165) is 17.2 Å². The van der Waals surface area contributed by atoms with Gasteiger partial charge in [0.2, 0.25) is 0 Å². The summed E-state index contributed by atoms with van der Waals surface area (Å²) in [5, 5.41) is 3.00. The second-order valence-corrected chi connectivity index (χ2v) is 10.1. The first-order valence-electron chi connectivity index (χ1n) is 11.3. The smallest absolute Gasteiger partial charge is 0.296 e. The maximum absolute atomic E-state index is 13.4. The van der Waals surface area contributed by atoms with E-state index in [0.29, 0.717) is 18.0 Å². The summed E-state index contributed by atoms with van der Waals surface area (Å²) in [6.07, 6.45) is 0. The molecule has 0 aliphatic heterocycles. The lowest BCUT2D eigenvalue weighted by atomic mass is 9.82. The quantitative estimate of drug-likeness (QED) is 0.215. The van der Waals surface area contributed by atoms with Crippen LogP contribution in [0.3, 0.4) is 0 Å². The summed E-state index contributed by atoms with van der Waals surface area (Å²) < 4.78 is 39.7. The molecular weight excluding hydrogens is 492 g/mol. The summed E-state index contributed by atoms with van der Waals surface area (Å²) in [6, 6.07) is 22.1. The van der Waals surface area contributed by atoms with Gasteiger partial charge in [-0.3, -0.25) is 14.1 Å². The zero-order valence-corrected chi connectivity index (χ0v) is 20.5. The third kappa shape index (κ3) is 4.57. The van der Waals surface area contributed by atoms with Crippen LogP contribution in [-0.2, 0) is 16.7 Å². The van der Waals surface area contributed by atoms with Gasteiger partial charge in [-0.25, -0.2) is 0 Å². The summed E-state index contributed by atoms with van der Waals surface area (Å²) in [7, 11) is -4.79. The molecule has 8 nitrogen and oxygen atoms in total. The third-order valence-electron chi connectivity index (χ3n) is 6.14. The van der Waals surface area contributed by atoms with Gasteiger partial charge < -0.3 is 15.8 Å². The fourth-order valence-electron chi connectivity index (χ4n) is 4.25. The fourth-order valence-corrected chi connectivity index (χ4v) is 4.89. The van der Waals surface area contributed by atoms with Crippen LogP contribution in [0.15, 0.2) is 83.8 Å². The highest BCUT2D eigenvalue weighted by atomic mass is 32.2. The Hall–Kier alpha value is -4.47.